The lowest BCUT2D eigenvalue weighted by Crippen LogP contribution is -2.63. The molecule has 0 heterocycles. The molecule has 0 N–H and O–H groups in total. The van der Waals surface area contributed by atoms with Crippen LogP contribution in [0.15, 0.2) is 60.7 Å². The summed E-state index contributed by atoms with van der Waals surface area (Å²) in [5.41, 5.74) is 0. The van der Waals surface area contributed by atoms with Crippen LogP contribution in [-0.4, -0.2) is 31.7 Å². The van der Waals surface area contributed by atoms with Crippen LogP contribution < -0.4 is 4.18 Å². The molecule has 4 rings (SSSR count). The second-order valence-electron chi connectivity index (χ2n) is 7.62. The molecular formula is C22H10ClF9O3S. The van der Waals surface area contributed by atoms with E-state index in [1.165, 1.54) is 6.07 Å². The molecule has 0 atom stereocenters. The monoisotopic (exact) mass is 560 g/mol. The molecule has 0 saturated heterocycles. The van der Waals surface area contributed by atoms with Crippen molar-refractivity contribution in [2.45, 2.75) is 23.3 Å². The van der Waals surface area contributed by atoms with Crippen LogP contribution in [0, 0.1) is 0 Å². The average Bonchev–Trinajstić information content (AvgIpc) is 2.77. The van der Waals surface area contributed by atoms with Crippen molar-refractivity contribution < 1.29 is 52.1 Å². The minimum absolute atomic E-state index is 0.170. The van der Waals surface area contributed by atoms with Gasteiger partial charge in [-0.05, 0) is 51.2 Å². The second kappa shape index (κ2) is 8.04. The first-order valence-electron chi connectivity index (χ1n) is 9.61. The van der Waals surface area contributed by atoms with Gasteiger partial charge in [0.25, 0.3) is 0 Å². The van der Waals surface area contributed by atoms with E-state index in [9.17, 15) is 47.9 Å². The smallest absolute Gasteiger partial charge is 0.378 e. The molecule has 0 unspecified atom stereocenters. The molecule has 3 nitrogen and oxygen atoms in total. The van der Waals surface area contributed by atoms with Gasteiger partial charge in [0.2, 0.25) is 0 Å². The normalized spacial score (nSPS) is 14.1. The van der Waals surface area contributed by atoms with E-state index >= 15 is 0 Å². The molecule has 0 saturated carbocycles. The number of hydrogen-bond acceptors (Lipinski definition) is 3. The molecule has 192 valence electrons. The maximum atomic E-state index is 14.1. The van der Waals surface area contributed by atoms with Crippen LogP contribution in [0.5, 0.6) is 5.75 Å². The van der Waals surface area contributed by atoms with Crippen molar-refractivity contribution in [3.8, 4) is 5.75 Å². The third kappa shape index (κ3) is 3.62. The van der Waals surface area contributed by atoms with Gasteiger partial charge >= 0.3 is 33.4 Å². The lowest BCUT2D eigenvalue weighted by Gasteiger charge is -2.32. The largest absolute Gasteiger partial charge is 0.460 e. The van der Waals surface area contributed by atoms with Gasteiger partial charge in [0.1, 0.15) is 5.75 Å². The van der Waals surface area contributed by atoms with Crippen LogP contribution in [0.3, 0.4) is 0 Å². The molecule has 0 spiro atoms. The van der Waals surface area contributed by atoms with Crippen LogP contribution >= 0.6 is 11.6 Å². The van der Waals surface area contributed by atoms with Crippen molar-refractivity contribution in [1.29, 1.82) is 0 Å². The molecular weight excluding hydrogens is 551 g/mol. The summed E-state index contributed by atoms with van der Waals surface area (Å²) >= 11 is 6.32. The van der Waals surface area contributed by atoms with E-state index in [1.54, 1.807) is 42.5 Å². The van der Waals surface area contributed by atoms with Crippen LogP contribution in [0.25, 0.3) is 32.3 Å². The van der Waals surface area contributed by atoms with Crippen LogP contribution in [0.1, 0.15) is 0 Å². The molecule has 36 heavy (non-hydrogen) atoms. The highest BCUT2D eigenvalue weighted by Gasteiger charge is 2.86. The summed E-state index contributed by atoms with van der Waals surface area (Å²) in [6.45, 7) is 0. The number of hydrogen-bond donors (Lipinski definition) is 0. The van der Waals surface area contributed by atoms with Gasteiger partial charge in [0.05, 0.1) is 0 Å². The molecule has 0 aliphatic carbocycles. The van der Waals surface area contributed by atoms with Gasteiger partial charge < -0.3 is 4.18 Å². The first-order valence-corrected chi connectivity index (χ1v) is 11.4. The summed E-state index contributed by atoms with van der Waals surface area (Å²) < 4.78 is 147. The van der Waals surface area contributed by atoms with Crippen molar-refractivity contribution in [3.63, 3.8) is 0 Å². The summed E-state index contributed by atoms with van der Waals surface area (Å²) in [5.74, 6) is -15.8. The Labute approximate surface area is 201 Å². The summed E-state index contributed by atoms with van der Waals surface area (Å²) in [7, 11) is -7.07. The number of fused-ring (bicyclic) bond motifs is 6. The number of halogens is 10. The van der Waals surface area contributed by atoms with E-state index in [4.69, 9.17) is 11.6 Å². The topological polar surface area (TPSA) is 43.4 Å². The van der Waals surface area contributed by atoms with Gasteiger partial charge in [-0.2, -0.15) is 47.9 Å². The molecule has 0 aromatic heterocycles. The highest BCUT2D eigenvalue weighted by Crippen LogP contribution is 2.55. The van der Waals surface area contributed by atoms with Crippen molar-refractivity contribution in [1.82, 2.24) is 0 Å². The molecule has 0 fully saturated rings. The standard InChI is InChI=1S/C22H10ClF9O3S/c23-17-7-3-6-15-13-9-8-11(10-16(13)12-4-1-2-5-14(12)18(15)17)35-36(33,34)22(31,32)20(26,27)19(24,25)21(28,29)30/h1-10H. The minimum Gasteiger partial charge on any atom is -0.378 e. The lowest BCUT2D eigenvalue weighted by atomic mass is 9.94. The van der Waals surface area contributed by atoms with Crippen molar-refractivity contribution in [2.24, 2.45) is 0 Å². The van der Waals surface area contributed by atoms with Crippen molar-refractivity contribution in [2.75, 3.05) is 0 Å². The van der Waals surface area contributed by atoms with Crippen LogP contribution in [0.4, 0.5) is 39.5 Å². The van der Waals surface area contributed by atoms with E-state index in [0.717, 1.165) is 12.1 Å². The average molecular weight is 561 g/mol. The van der Waals surface area contributed by atoms with E-state index in [1.807, 2.05) is 0 Å². The molecule has 0 aliphatic heterocycles. The molecule has 0 radical (unpaired) electrons. The Morgan fingerprint density at radius 2 is 1.17 bits per heavy atom. The first-order chi connectivity index (χ1) is 16.4. The fourth-order valence-electron chi connectivity index (χ4n) is 3.69. The summed E-state index contributed by atoms with van der Waals surface area (Å²) in [5, 5.41) is -3.99. The third-order valence-electron chi connectivity index (χ3n) is 5.42. The lowest BCUT2D eigenvalue weighted by molar-refractivity contribution is -0.382. The first kappa shape index (κ1) is 26.1. The highest BCUT2D eigenvalue weighted by atomic mass is 35.5. The zero-order valence-corrected chi connectivity index (χ0v) is 18.8. The maximum Gasteiger partial charge on any atom is 0.460 e. The van der Waals surface area contributed by atoms with Crippen LogP contribution in [0.2, 0.25) is 5.02 Å². The highest BCUT2D eigenvalue weighted by molar-refractivity contribution is 7.88. The van der Waals surface area contributed by atoms with Crippen LogP contribution in [-0.2, 0) is 10.1 Å². The van der Waals surface area contributed by atoms with Crippen molar-refractivity contribution in [3.05, 3.63) is 65.7 Å². The predicted octanol–water partition coefficient (Wildman–Crippen LogP) is 7.93. The fraction of sp³-hybridized carbons (Fsp3) is 0.182. The Bertz CT molecular complexity index is 1590. The minimum atomic E-state index is -7.40. The Balaban J connectivity index is 1.87. The maximum absolute atomic E-state index is 14.1. The molecule has 14 heteroatoms. The van der Waals surface area contributed by atoms with Gasteiger partial charge in [0.15, 0.2) is 0 Å². The predicted molar refractivity (Wildman–Crippen MR) is 114 cm³/mol. The molecule has 0 bridgehead atoms. The van der Waals surface area contributed by atoms with Gasteiger partial charge in [-0.3, -0.25) is 0 Å². The Hall–Kier alpha value is -2.93. The quantitative estimate of drug-likeness (QED) is 0.141. The van der Waals surface area contributed by atoms with Gasteiger partial charge in [0, 0.05) is 10.4 Å². The van der Waals surface area contributed by atoms with Gasteiger partial charge in [-0.15, -0.1) is 0 Å². The van der Waals surface area contributed by atoms with Gasteiger partial charge in [-0.25, -0.2) is 0 Å². The Morgan fingerprint density at radius 3 is 1.75 bits per heavy atom. The van der Waals surface area contributed by atoms with Gasteiger partial charge in [-0.1, -0.05) is 48.0 Å². The second-order valence-corrected chi connectivity index (χ2v) is 9.61. The number of alkyl halides is 9. The molecule has 0 aliphatic rings. The van der Waals surface area contributed by atoms with E-state index in [-0.39, 0.29) is 5.39 Å². The molecule has 4 aromatic rings. The third-order valence-corrected chi connectivity index (χ3v) is 7.03. The molecule has 4 aromatic carbocycles. The van der Waals surface area contributed by atoms with E-state index in [2.05, 4.69) is 4.18 Å². The van der Waals surface area contributed by atoms with E-state index in [0.29, 0.717) is 32.0 Å². The summed E-state index contributed by atoms with van der Waals surface area (Å²) in [6.07, 6.45) is -7.18. The van der Waals surface area contributed by atoms with E-state index < -0.39 is 39.1 Å². The summed E-state index contributed by atoms with van der Waals surface area (Å²) in [6, 6.07) is 14.0. The zero-order chi connectivity index (χ0) is 26.9. The SMILES string of the molecule is O=S(=O)(Oc1ccc2c(c1)c1ccccc1c1c(Cl)cccc21)C(F)(F)C(F)(F)C(F)(F)C(F)(F)F. The fourth-order valence-corrected chi connectivity index (χ4v) is 4.87. The molecule has 0 amide bonds. The summed E-state index contributed by atoms with van der Waals surface area (Å²) in [4.78, 5) is 0. The van der Waals surface area contributed by atoms with Crippen molar-refractivity contribution >= 4 is 54.0 Å². The number of rotatable bonds is 5. The Kier molecular flexibility index (Phi) is 5.84. The Morgan fingerprint density at radius 1 is 0.639 bits per heavy atom. The number of benzene rings is 4. The zero-order valence-electron chi connectivity index (χ0n) is 17.2.